The predicted molar refractivity (Wildman–Crippen MR) is 117 cm³/mol. The lowest BCUT2D eigenvalue weighted by molar-refractivity contribution is -0.121. The highest BCUT2D eigenvalue weighted by atomic mass is 35.5. The van der Waals surface area contributed by atoms with Gasteiger partial charge in [0.25, 0.3) is 5.91 Å². The van der Waals surface area contributed by atoms with Crippen LogP contribution in [0.1, 0.15) is 11.1 Å². The van der Waals surface area contributed by atoms with Gasteiger partial charge in [0, 0.05) is 27.7 Å². The molecule has 2 aromatic carbocycles. The minimum Gasteiger partial charge on any atom is -0.488 e. The van der Waals surface area contributed by atoms with Crippen molar-refractivity contribution in [3.8, 4) is 5.75 Å². The smallest absolute Gasteiger partial charge is 0.266 e. The zero-order valence-electron chi connectivity index (χ0n) is 14.2. The molecule has 0 aliphatic carbocycles. The zero-order chi connectivity index (χ0) is 19.4. The molecule has 1 fully saturated rings. The molecule has 0 radical (unpaired) electrons. The molecule has 1 saturated heterocycles. The highest BCUT2D eigenvalue weighted by Crippen LogP contribution is 2.34. The van der Waals surface area contributed by atoms with E-state index in [1.807, 2.05) is 30.3 Å². The van der Waals surface area contributed by atoms with E-state index >= 15 is 0 Å². The van der Waals surface area contributed by atoms with Crippen molar-refractivity contribution < 1.29 is 9.53 Å². The fourth-order valence-corrected chi connectivity index (χ4v) is 4.18. The summed E-state index contributed by atoms with van der Waals surface area (Å²) in [5, 5.41) is 1.12. The van der Waals surface area contributed by atoms with Crippen molar-refractivity contribution in [2.45, 2.75) is 6.61 Å². The average molecular weight is 436 g/mol. The molecule has 7 heteroatoms. The number of ether oxygens (including phenoxy) is 1. The third kappa shape index (κ3) is 4.74. The first kappa shape index (κ1) is 20.0. The molecule has 3 nitrogen and oxygen atoms in total. The van der Waals surface area contributed by atoms with Gasteiger partial charge in [0.2, 0.25) is 0 Å². The fraction of sp³-hybridized carbons (Fsp3) is 0.100. The van der Waals surface area contributed by atoms with Crippen molar-refractivity contribution in [2.75, 3.05) is 6.54 Å². The Morgan fingerprint density at radius 3 is 2.74 bits per heavy atom. The molecule has 2 aromatic rings. The monoisotopic (exact) mass is 435 g/mol. The third-order valence-electron chi connectivity index (χ3n) is 3.79. The summed E-state index contributed by atoms with van der Waals surface area (Å²) in [4.78, 5) is 14.6. The molecule has 3 rings (SSSR count). The largest absolute Gasteiger partial charge is 0.488 e. The van der Waals surface area contributed by atoms with E-state index in [0.717, 1.165) is 11.1 Å². The number of para-hydroxylation sites is 1. The number of rotatable bonds is 6. The molecule has 1 amide bonds. The Kier molecular flexibility index (Phi) is 6.60. The predicted octanol–water partition coefficient (Wildman–Crippen LogP) is 5.96. The van der Waals surface area contributed by atoms with Crippen molar-refractivity contribution in [1.29, 1.82) is 0 Å². The number of thiocarbonyl (C=S) groups is 1. The fourth-order valence-electron chi connectivity index (χ4n) is 2.45. The summed E-state index contributed by atoms with van der Waals surface area (Å²) in [5.41, 5.74) is 1.62. The SMILES string of the molecule is C=CCN1C(=O)/C(=C/c2ccccc2OCc2ccc(Cl)cc2Cl)SC1=S. The second-order valence-electron chi connectivity index (χ2n) is 5.64. The molecule has 0 saturated carbocycles. The Labute approximate surface area is 177 Å². The topological polar surface area (TPSA) is 29.5 Å². The van der Waals surface area contributed by atoms with Crippen LogP contribution in [0.25, 0.3) is 6.08 Å². The number of amides is 1. The van der Waals surface area contributed by atoms with Gasteiger partial charge in [-0.1, -0.05) is 77.5 Å². The number of benzene rings is 2. The minimum atomic E-state index is -0.125. The molecule has 0 spiro atoms. The van der Waals surface area contributed by atoms with Crippen LogP contribution in [0.5, 0.6) is 5.75 Å². The van der Waals surface area contributed by atoms with Gasteiger partial charge in [-0.15, -0.1) is 6.58 Å². The maximum absolute atomic E-state index is 12.5. The average Bonchev–Trinajstić information content (AvgIpc) is 2.90. The van der Waals surface area contributed by atoms with Gasteiger partial charge in [-0.05, 0) is 24.3 Å². The van der Waals surface area contributed by atoms with E-state index in [0.29, 0.717) is 31.6 Å². The van der Waals surface area contributed by atoms with Gasteiger partial charge in [-0.2, -0.15) is 0 Å². The van der Waals surface area contributed by atoms with Crippen LogP contribution in [-0.2, 0) is 11.4 Å². The van der Waals surface area contributed by atoms with Crippen molar-refractivity contribution in [3.63, 3.8) is 0 Å². The minimum absolute atomic E-state index is 0.125. The summed E-state index contributed by atoms with van der Waals surface area (Å²) in [5.74, 6) is 0.526. The van der Waals surface area contributed by atoms with Crippen LogP contribution < -0.4 is 4.74 Å². The van der Waals surface area contributed by atoms with Gasteiger partial charge in [0.05, 0.1) is 4.91 Å². The highest BCUT2D eigenvalue weighted by Gasteiger charge is 2.31. The van der Waals surface area contributed by atoms with Gasteiger partial charge >= 0.3 is 0 Å². The molecule has 27 heavy (non-hydrogen) atoms. The van der Waals surface area contributed by atoms with Crippen LogP contribution in [0, 0.1) is 0 Å². The number of nitrogens with zero attached hydrogens (tertiary/aromatic N) is 1. The van der Waals surface area contributed by atoms with Crippen LogP contribution in [-0.4, -0.2) is 21.7 Å². The number of carbonyl (C=O) groups is 1. The molecule has 0 unspecified atom stereocenters. The first-order chi connectivity index (χ1) is 13.0. The second kappa shape index (κ2) is 8.93. The van der Waals surface area contributed by atoms with E-state index in [9.17, 15) is 4.79 Å². The maximum atomic E-state index is 12.5. The van der Waals surface area contributed by atoms with E-state index in [1.54, 1.807) is 24.3 Å². The van der Waals surface area contributed by atoms with Crippen molar-refractivity contribution in [3.05, 3.63) is 81.2 Å². The van der Waals surface area contributed by atoms with Gasteiger partial charge in [-0.25, -0.2) is 0 Å². The number of hydrogen-bond acceptors (Lipinski definition) is 4. The lowest BCUT2D eigenvalue weighted by atomic mass is 10.1. The molecule has 1 aliphatic rings. The van der Waals surface area contributed by atoms with Crippen LogP contribution in [0.15, 0.2) is 60.0 Å². The lowest BCUT2D eigenvalue weighted by Crippen LogP contribution is -2.27. The number of hydrogen-bond donors (Lipinski definition) is 0. The van der Waals surface area contributed by atoms with Crippen LogP contribution in [0.4, 0.5) is 0 Å². The second-order valence-corrected chi connectivity index (χ2v) is 8.16. The zero-order valence-corrected chi connectivity index (χ0v) is 17.3. The molecule has 0 atom stereocenters. The Morgan fingerprint density at radius 1 is 1.22 bits per heavy atom. The first-order valence-electron chi connectivity index (χ1n) is 8.01. The van der Waals surface area contributed by atoms with Crippen LogP contribution in [0.2, 0.25) is 10.0 Å². The Balaban J connectivity index is 1.81. The number of carbonyl (C=O) groups excluding carboxylic acids is 1. The van der Waals surface area contributed by atoms with Gasteiger partial charge in [-0.3, -0.25) is 9.69 Å². The van der Waals surface area contributed by atoms with E-state index in [4.69, 9.17) is 40.2 Å². The quantitative estimate of drug-likeness (QED) is 0.318. The van der Waals surface area contributed by atoms with E-state index < -0.39 is 0 Å². The van der Waals surface area contributed by atoms with Gasteiger partial charge in [0.1, 0.15) is 16.7 Å². The summed E-state index contributed by atoms with van der Waals surface area (Å²) in [6, 6.07) is 12.8. The third-order valence-corrected chi connectivity index (χ3v) is 5.75. The molecular weight excluding hydrogens is 421 g/mol. The number of thioether (sulfide) groups is 1. The summed E-state index contributed by atoms with van der Waals surface area (Å²) in [6.45, 7) is 4.35. The highest BCUT2D eigenvalue weighted by molar-refractivity contribution is 8.26. The Morgan fingerprint density at radius 2 is 2.00 bits per heavy atom. The summed E-state index contributed by atoms with van der Waals surface area (Å²) >= 11 is 18.7. The van der Waals surface area contributed by atoms with E-state index in [-0.39, 0.29) is 12.5 Å². The molecule has 0 bridgehead atoms. The molecule has 138 valence electrons. The Bertz CT molecular complexity index is 943. The van der Waals surface area contributed by atoms with Crippen molar-refractivity contribution >= 4 is 63.5 Å². The Hall–Kier alpha value is -1.79. The summed E-state index contributed by atoms with van der Waals surface area (Å²) in [7, 11) is 0. The maximum Gasteiger partial charge on any atom is 0.266 e. The standard InChI is InChI=1S/C20H15Cl2NO2S2/c1-2-9-23-19(24)18(27-20(23)26)10-13-5-3-4-6-17(13)25-12-14-7-8-15(21)11-16(14)22/h2-8,10-11H,1,9,12H2/b18-10-. The van der Waals surface area contributed by atoms with Crippen molar-refractivity contribution in [1.82, 2.24) is 4.90 Å². The number of halogens is 2. The van der Waals surface area contributed by atoms with Gasteiger partial charge < -0.3 is 4.74 Å². The molecule has 1 heterocycles. The van der Waals surface area contributed by atoms with Gasteiger partial charge in [0.15, 0.2) is 0 Å². The van der Waals surface area contributed by atoms with E-state index in [2.05, 4.69) is 6.58 Å². The molecule has 0 N–H and O–H groups in total. The molecule has 0 aromatic heterocycles. The van der Waals surface area contributed by atoms with E-state index in [1.165, 1.54) is 16.7 Å². The lowest BCUT2D eigenvalue weighted by Gasteiger charge is -2.11. The summed E-state index contributed by atoms with van der Waals surface area (Å²) in [6.07, 6.45) is 3.45. The van der Waals surface area contributed by atoms with Crippen molar-refractivity contribution in [2.24, 2.45) is 0 Å². The first-order valence-corrected chi connectivity index (χ1v) is 9.99. The van der Waals surface area contributed by atoms with Crippen LogP contribution >= 0.6 is 47.2 Å². The summed E-state index contributed by atoms with van der Waals surface area (Å²) < 4.78 is 6.46. The molecular formula is C20H15Cl2NO2S2. The molecule has 1 aliphatic heterocycles. The normalized spacial score (nSPS) is 15.5. The van der Waals surface area contributed by atoms with Crippen LogP contribution in [0.3, 0.4) is 0 Å².